The summed E-state index contributed by atoms with van der Waals surface area (Å²) < 4.78 is 1.69. The van der Waals surface area contributed by atoms with Crippen LogP contribution >= 0.6 is 11.6 Å². The Kier molecular flexibility index (Phi) is 4.29. The number of nitrogens with one attached hydrogen (secondary N) is 1. The van der Waals surface area contributed by atoms with Gasteiger partial charge in [-0.25, -0.2) is 0 Å². The van der Waals surface area contributed by atoms with Crippen LogP contribution < -0.4 is 5.32 Å². The molecule has 0 atom stereocenters. The molecule has 1 N–H and O–H groups in total. The zero-order valence-corrected chi connectivity index (χ0v) is 15.2. The Labute approximate surface area is 153 Å². The SMILES string of the molecule is Cn1cc(C(=O)N2CCC3(CCNC3)CC2)c(-c2ccccc2Cl)n1. The van der Waals surface area contributed by atoms with Gasteiger partial charge >= 0.3 is 0 Å². The molecule has 2 fully saturated rings. The maximum Gasteiger partial charge on any atom is 0.257 e. The van der Waals surface area contributed by atoms with Crippen molar-refractivity contribution < 1.29 is 4.79 Å². The Morgan fingerprint density at radius 2 is 2.00 bits per heavy atom. The number of carbonyl (C=O) groups excluding carboxylic acids is 1. The maximum absolute atomic E-state index is 13.1. The number of hydrogen-bond donors (Lipinski definition) is 1. The minimum absolute atomic E-state index is 0.0591. The van der Waals surface area contributed by atoms with Crippen molar-refractivity contribution in [2.24, 2.45) is 12.5 Å². The van der Waals surface area contributed by atoms with Crippen molar-refractivity contribution >= 4 is 17.5 Å². The first-order valence-corrected chi connectivity index (χ1v) is 9.24. The largest absolute Gasteiger partial charge is 0.338 e. The average Bonchev–Trinajstić information content (AvgIpc) is 3.22. The first-order chi connectivity index (χ1) is 12.1. The Hall–Kier alpha value is -1.85. The van der Waals surface area contributed by atoms with Crippen LogP contribution in [-0.4, -0.2) is 46.8 Å². The van der Waals surface area contributed by atoms with E-state index in [9.17, 15) is 4.79 Å². The summed E-state index contributed by atoms with van der Waals surface area (Å²) in [5.74, 6) is 0.0591. The number of likely N-dealkylation sites (tertiary alicyclic amines) is 1. The van der Waals surface area contributed by atoms with Gasteiger partial charge in [-0.1, -0.05) is 29.8 Å². The molecule has 1 spiro atoms. The molecule has 0 aliphatic carbocycles. The predicted octanol–water partition coefficient (Wildman–Crippen LogP) is 2.96. The summed E-state index contributed by atoms with van der Waals surface area (Å²) in [6.07, 6.45) is 5.19. The van der Waals surface area contributed by atoms with Crippen molar-refractivity contribution in [3.63, 3.8) is 0 Å². The van der Waals surface area contributed by atoms with Gasteiger partial charge in [0.05, 0.1) is 10.6 Å². The molecular formula is C19H23ClN4O. The van der Waals surface area contributed by atoms with Gasteiger partial charge in [-0.3, -0.25) is 9.48 Å². The summed E-state index contributed by atoms with van der Waals surface area (Å²) in [7, 11) is 1.84. The van der Waals surface area contributed by atoms with E-state index in [1.165, 1.54) is 6.42 Å². The Bertz CT molecular complexity index is 784. The number of carbonyl (C=O) groups is 1. The topological polar surface area (TPSA) is 50.2 Å². The number of amides is 1. The quantitative estimate of drug-likeness (QED) is 0.898. The molecule has 1 aromatic carbocycles. The third-order valence-corrected chi connectivity index (χ3v) is 5.96. The Morgan fingerprint density at radius 3 is 2.68 bits per heavy atom. The molecule has 2 saturated heterocycles. The van der Waals surface area contributed by atoms with Crippen LogP contribution in [0.3, 0.4) is 0 Å². The van der Waals surface area contributed by atoms with Crippen molar-refractivity contribution in [1.29, 1.82) is 0 Å². The normalized spacial score (nSPS) is 19.5. The van der Waals surface area contributed by atoms with Crippen LogP contribution in [0.15, 0.2) is 30.5 Å². The van der Waals surface area contributed by atoms with E-state index in [-0.39, 0.29) is 5.91 Å². The molecule has 0 bridgehead atoms. The molecular weight excluding hydrogens is 336 g/mol. The second kappa shape index (κ2) is 6.46. The lowest BCUT2D eigenvalue weighted by atomic mass is 9.78. The summed E-state index contributed by atoms with van der Waals surface area (Å²) in [6, 6.07) is 7.55. The van der Waals surface area contributed by atoms with Crippen LogP contribution in [0.4, 0.5) is 0 Å². The lowest BCUT2D eigenvalue weighted by Crippen LogP contribution is -2.44. The zero-order chi connectivity index (χ0) is 17.4. The summed E-state index contributed by atoms with van der Waals surface area (Å²) in [4.78, 5) is 15.1. The van der Waals surface area contributed by atoms with Crippen LogP contribution in [0.2, 0.25) is 5.02 Å². The number of halogens is 1. The maximum atomic E-state index is 13.1. The van der Waals surface area contributed by atoms with Crippen molar-refractivity contribution in [1.82, 2.24) is 20.0 Å². The fourth-order valence-electron chi connectivity index (χ4n) is 4.07. The highest BCUT2D eigenvalue weighted by Crippen LogP contribution is 2.38. The molecule has 5 nitrogen and oxygen atoms in total. The molecule has 1 aromatic heterocycles. The molecule has 2 aliphatic heterocycles. The van der Waals surface area contributed by atoms with E-state index in [4.69, 9.17) is 11.6 Å². The zero-order valence-electron chi connectivity index (χ0n) is 14.5. The summed E-state index contributed by atoms with van der Waals surface area (Å²) >= 11 is 6.33. The van der Waals surface area contributed by atoms with Crippen molar-refractivity contribution in [2.45, 2.75) is 19.3 Å². The highest BCUT2D eigenvalue weighted by molar-refractivity contribution is 6.33. The molecule has 0 unspecified atom stereocenters. The van der Waals surface area contributed by atoms with Gasteiger partial charge in [-0.05, 0) is 37.3 Å². The van der Waals surface area contributed by atoms with Crippen LogP contribution in [-0.2, 0) is 7.05 Å². The second-order valence-electron chi connectivity index (χ2n) is 7.26. The average molecular weight is 359 g/mol. The number of aromatic nitrogens is 2. The first-order valence-electron chi connectivity index (χ1n) is 8.87. The van der Waals surface area contributed by atoms with Gasteiger partial charge in [-0.15, -0.1) is 0 Å². The highest BCUT2D eigenvalue weighted by Gasteiger charge is 2.38. The van der Waals surface area contributed by atoms with Crippen LogP contribution in [0.25, 0.3) is 11.3 Å². The van der Waals surface area contributed by atoms with E-state index in [1.807, 2.05) is 42.4 Å². The van der Waals surface area contributed by atoms with Gasteiger partial charge in [-0.2, -0.15) is 5.10 Å². The molecule has 6 heteroatoms. The van der Waals surface area contributed by atoms with Gasteiger partial charge in [0.1, 0.15) is 5.69 Å². The molecule has 0 saturated carbocycles. The number of rotatable bonds is 2. The van der Waals surface area contributed by atoms with E-state index < -0.39 is 0 Å². The van der Waals surface area contributed by atoms with Gasteiger partial charge in [0.2, 0.25) is 0 Å². The van der Waals surface area contributed by atoms with E-state index in [0.29, 0.717) is 21.7 Å². The van der Waals surface area contributed by atoms with Crippen molar-refractivity contribution in [2.75, 3.05) is 26.2 Å². The molecule has 0 radical (unpaired) electrons. The third-order valence-electron chi connectivity index (χ3n) is 5.63. The minimum Gasteiger partial charge on any atom is -0.338 e. The minimum atomic E-state index is 0.0591. The standard InChI is InChI=1S/C19H23ClN4O/c1-23-12-15(17(22-23)14-4-2-3-5-16(14)20)18(25)24-10-7-19(8-11-24)6-9-21-13-19/h2-5,12,21H,6-11,13H2,1H3. The van der Waals surface area contributed by atoms with Crippen molar-refractivity contribution in [3.8, 4) is 11.3 Å². The van der Waals surface area contributed by atoms with Gasteiger partial charge in [0.25, 0.3) is 5.91 Å². The Balaban J connectivity index is 1.58. The van der Waals surface area contributed by atoms with E-state index in [2.05, 4.69) is 10.4 Å². The van der Waals surface area contributed by atoms with E-state index >= 15 is 0 Å². The highest BCUT2D eigenvalue weighted by atomic mass is 35.5. The molecule has 25 heavy (non-hydrogen) atoms. The number of nitrogens with zero attached hydrogens (tertiary/aromatic N) is 3. The lowest BCUT2D eigenvalue weighted by Gasteiger charge is -2.38. The van der Waals surface area contributed by atoms with Crippen LogP contribution in [0.1, 0.15) is 29.6 Å². The molecule has 3 heterocycles. The molecule has 1 amide bonds. The molecule has 4 rings (SSSR count). The van der Waals surface area contributed by atoms with E-state index in [0.717, 1.165) is 44.6 Å². The number of hydrogen-bond acceptors (Lipinski definition) is 3. The van der Waals surface area contributed by atoms with Gasteiger partial charge in [0.15, 0.2) is 0 Å². The Morgan fingerprint density at radius 1 is 1.24 bits per heavy atom. The first kappa shape index (κ1) is 16.6. The summed E-state index contributed by atoms with van der Waals surface area (Å²) in [5, 5.41) is 8.59. The van der Waals surface area contributed by atoms with Gasteiger partial charge < -0.3 is 10.2 Å². The van der Waals surface area contributed by atoms with Gasteiger partial charge in [0, 0.05) is 38.4 Å². The molecule has 132 valence electrons. The van der Waals surface area contributed by atoms with E-state index in [1.54, 1.807) is 4.68 Å². The number of piperidine rings is 1. The van der Waals surface area contributed by atoms with Crippen LogP contribution in [0.5, 0.6) is 0 Å². The fourth-order valence-corrected chi connectivity index (χ4v) is 4.30. The predicted molar refractivity (Wildman–Crippen MR) is 98.7 cm³/mol. The number of aryl methyl sites for hydroxylation is 1. The lowest BCUT2D eigenvalue weighted by molar-refractivity contribution is 0.0608. The smallest absolute Gasteiger partial charge is 0.257 e. The second-order valence-corrected chi connectivity index (χ2v) is 7.67. The molecule has 2 aromatic rings. The fraction of sp³-hybridized carbons (Fsp3) is 0.474. The monoisotopic (exact) mass is 358 g/mol. The summed E-state index contributed by atoms with van der Waals surface area (Å²) in [6.45, 7) is 3.83. The molecule has 2 aliphatic rings. The number of benzene rings is 1. The third kappa shape index (κ3) is 3.07. The van der Waals surface area contributed by atoms with Crippen molar-refractivity contribution in [3.05, 3.63) is 41.0 Å². The van der Waals surface area contributed by atoms with Crippen LogP contribution in [0, 0.1) is 5.41 Å². The summed E-state index contributed by atoms with van der Waals surface area (Å²) in [5.41, 5.74) is 2.51.